The lowest BCUT2D eigenvalue weighted by Gasteiger charge is -2.37. The van der Waals surface area contributed by atoms with E-state index in [1.165, 1.54) is 0 Å². The van der Waals surface area contributed by atoms with Crippen molar-refractivity contribution in [2.24, 2.45) is 0 Å². The van der Waals surface area contributed by atoms with Crippen molar-refractivity contribution in [3.8, 4) is 0 Å². The highest BCUT2D eigenvalue weighted by Gasteiger charge is 2.72. The Hall–Kier alpha value is -3.36. The maximum atomic E-state index is 11.6. The molecular formula is C36H40O6. The van der Waals surface area contributed by atoms with Gasteiger partial charge < -0.3 is 29.2 Å². The van der Waals surface area contributed by atoms with Gasteiger partial charge in [0, 0.05) is 6.42 Å². The lowest BCUT2D eigenvalue weighted by Crippen LogP contribution is -2.54. The Balaban J connectivity index is 1.41. The zero-order chi connectivity index (χ0) is 29.3. The molecule has 220 valence electrons. The van der Waals surface area contributed by atoms with Crippen LogP contribution in [-0.2, 0) is 45.4 Å². The predicted octanol–water partition coefficient (Wildman–Crippen LogP) is 5.85. The maximum Gasteiger partial charge on any atom is 0.128 e. The smallest absolute Gasteiger partial charge is 0.128 e. The Labute approximate surface area is 248 Å². The number of hydrogen-bond donors (Lipinski definition) is 2. The zero-order valence-electron chi connectivity index (χ0n) is 24.0. The van der Waals surface area contributed by atoms with E-state index in [4.69, 9.17) is 18.9 Å². The number of benzene rings is 4. The summed E-state index contributed by atoms with van der Waals surface area (Å²) in [5.41, 5.74) is 1.65. The van der Waals surface area contributed by atoms with Gasteiger partial charge in [0.25, 0.3) is 0 Å². The molecule has 0 bridgehead atoms. The molecule has 6 heteroatoms. The van der Waals surface area contributed by atoms with Gasteiger partial charge in [-0.25, -0.2) is 0 Å². The first-order valence-electron chi connectivity index (χ1n) is 14.5. The molecule has 0 heterocycles. The van der Waals surface area contributed by atoms with Gasteiger partial charge in [-0.3, -0.25) is 0 Å². The van der Waals surface area contributed by atoms with Crippen molar-refractivity contribution in [2.45, 2.75) is 69.3 Å². The Morgan fingerprint density at radius 2 is 1.02 bits per heavy atom. The van der Waals surface area contributed by atoms with Gasteiger partial charge in [-0.1, -0.05) is 121 Å². The van der Waals surface area contributed by atoms with Crippen molar-refractivity contribution in [3.63, 3.8) is 0 Å². The second-order valence-corrected chi connectivity index (χ2v) is 11.2. The van der Waals surface area contributed by atoms with Crippen LogP contribution in [0.1, 0.15) is 35.6 Å². The molecule has 0 aliphatic heterocycles. The summed E-state index contributed by atoms with van der Waals surface area (Å²) in [5.74, 6) is 0. The third-order valence-corrected chi connectivity index (χ3v) is 7.83. The molecule has 1 aliphatic rings. The molecule has 1 fully saturated rings. The summed E-state index contributed by atoms with van der Waals surface area (Å²) in [5, 5.41) is 23.1. The second-order valence-electron chi connectivity index (χ2n) is 11.2. The van der Waals surface area contributed by atoms with Crippen LogP contribution in [0.2, 0.25) is 0 Å². The minimum absolute atomic E-state index is 0.0243. The van der Waals surface area contributed by atoms with E-state index >= 15 is 0 Å². The number of aliphatic hydroxyl groups excluding tert-OH is 1. The topological polar surface area (TPSA) is 77.4 Å². The Bertz CT molecular complexity index is 1330. The molecule has 6 nitrogen and oxygen atoms in total. The first-order valence-corrected chi connectivity index (χ1v) is 14.5. The van der Waals surface area contributed by atoms with Crippen LogP contribution < -0.4 is 0 Å². The summed E-state index contributed by atoms with van der Waals surface area (Å²) in [6, 6.07) is 39.3. The first-order chi connectivity index (χ1) is 20.5. The average Bonchev–Trinajstić information content (AvgIpc) is 3.60. The largest absolute Gasteiger partial charge is 0.388 e. The molecule has 1 aliphatic carbocycles. The summed E-state index contributed by atoms with van der Waals surface area (Å²) in [7, 11) is 0. The Morgan fingerprint density at radius 1 is 0.619 bits per heavy atom. The molecule has 1 saturated carbocycles. The van der Waals surface area contributed by atoms with Gasteiger partial charge in [-0.2, -0.15) is 0 Å². The maximum absolute atomic E-state index is 11.6. The quantitative estimate of drug-likeness (QED) is 0.177. The van der Waals surface area contributed by atoms with Crippen LogP contribution in [0.4, 0.5) is 0 Å². The third kappa shape index (κ3) is 7.72. The number of hydrogen-bond acceptors (Lipinski definition) is 6. The molecule has 4 aromatic carbocycles. The Kier molecular flexibility index (Phi) is 10.2. The SMILES string of the molecule is C[C@]1(O)CC1(OCc1ccccc1)C(OCc1ccccc1)[C@H](OCc1ccccc1)C(O)COCc1ccccc1. The van der Waals surface area contributed by atoms with Crippen LogP contribution in [0.3, 0.4) is 0 Å². The zero-order valence-corrected chi connectivity index (χ0v) is 24.0. The van der Waals surface area contributed by atoms with Gasteiger partial charge in [-0.05, 0) is 29.2 Å². The van der Waals surface area contributed by atoms with Crippen molar-refractivity contribution in [1.29, 1.82) is 0 Å². The van der Waals surface area contributed by atoms with E-state index in [2.05, 4.69) is 0 Å². The summed E-state index contributed by atoms with van der Waals surface area (Å²) in [6.45, 7) is 2.93. The first kappa shape index (κ1) is 30.1. The van der Waals surface area contributed by atoms with E-state index in [1.54, 1.807) is 6.92 Å². The molecule has 0 aromatic heterocycles. The van der Waals surface area contributed by atoms with Crippen LogP contribution in [0.15, 0.2) is 121 Å². The summed E-state index contributed by atoms with van der Waals surface area (Å²) >= 11 is 0. The normalized spacial score (nSPS) is 21.9. The molecule has 0 spiro atoms. The lowest BCUT2D eigenvalue weighted by atomic mass is 9.97. The number of ether oxygens (including phenoxy) is 4. The van der Waals surface area contributed by atoms with Crippen LogP contribution in [-0.4, -0.2) is 46.3 Å². The molecular weight excluding hydrogens is 528 g/mol. The number of rotatable bonds is 16. The van der Waals surface area contributed by atoms with Gasteiger partial charge in [0.1, 0.15) is 23.9 Å². The Morgan fingerprint density at radius 3 is 1.48 bits per heavy atom. The molecule has 42 heavy (non-hydrogen) atoms. The van der Waals surface area contributed by atoms with E-state index in [9.17, 15) is 10.2 Å². The highest BCUT2D eigenvalue weighted by molar-refractivity contribution is 5.25. The highest BCUT2D eigenvalue weighted by Crippen LogP contribution is 2.56. The summed E-state index contributed by atoms with van der Waals surface area (Å²) < 4.78 is 25.6. The van der Waals surface area contributed by atoms with Gasteiger partial charge >= 0.3 is 0 Å². The third-order valence-electron chi connectivity index (χ3n) is 7.83. The summed E-state index contributed by atoms with van der Waals surface area (Å²) in [4.78, 5) is 0. The van der Waals surface area contributed by atoms with Crippen LogP contribution >= 0.6 is 0 Å². The van der Waals surface area contributed by atoms with E-state index in [-0.39, 0.29) is 26.4 Å². The fourth-order valence-electron chi connectivity index (χ4n) is 5.34. The van der Waals surface area contributed by atoms with Gasteiger partial charge in [0.05, 0.1) is 38.6 Å². The van der Waals surface area contributed by atoms with E-state index in [0.29, 0.717) is 13.0 Å². The fraction of sp³-hybridized carbons (Fsp3) is 0.333. The fourth-order valence-corrected chi connectivity index (χ4v) is 5.34. The molecule has 4 aromatic rings. The van der Waals surface area contributed by atoms with Crippen LogP contribution in [0.5, 0.6) is 0 Å². The molecule has 2 N–H and O–H groups in total. The van der Waals surface area contributed by atoms with Crippen LogP contribution in [0, 0.1) is 0 Å². The number of aliphatic hydroxyl groups is 2. The van der Waals surface area contributed by atoms with Gasteiger partial charge in [0.15, 0.2) is 0 Å². The molecule has 5 atom stereocenters. The monoisotopic (exact) mass is 568 g/mol. The summed E-state index contributed by atoms with van der Waals surface area (Å²) in [6.07, 6.45) is -2.36. The average molecular weight is 569 g/mol. The minimum atomic E-state index is -1.18. The highest BCUT2D eigenvalue weighted by atomic mass is 16.6. The lowest BCUT2D eigenvalue weighted by molar-refractivity contribution is -0.210. The minimum Gasteiger partial charge on any atom is -0.388 e. The molecule has 0 saturated heterocycles. The van der Waals surface area contributed by atoms with Gasteiger partial charge in [0.2, 0.25) is 0 Å². The van der Waals surface area contributed by atoms with Crippen LogP contribution in [0.25, 0.3) is 0 Å². The molecule has 3 unspecified atom stereocenters. The van der Waals surface area contributed by atoms with Crippen molar-refractivity contribution >= 4 is 0 Å². The molecule has 0 radical (unpaired) electrons. The van der Waals surface area contributed by atoms with E-state index in [0.717, 1.165) is 22.3 Å². The van der Waals surface area contributed by atoms with Gasteiger partial charge in [-0.15, -0.1) is 0 Å². The predicted molar refractivity (Wildman–Crippen MR) is 161 cm³/mol. The molecule has 0 amide bonds. The van der Waals surface area contributed by atoms with Crippen molar-refractivity contribution in [2.75, 3.05) is 6.61 Å². The standard InChI is InChI=1S/C36H40O6/c1-35(38)27-36(35,42-25-31-20-12-5-13-21-31)34(41-24-30-18-10-4-11-19-30)33(40-23-29-16-8-3-9-17-29)32(37)26-39-22-28-14-6-2-7-15-28/h2-21,32-34,37-38H,22-27H2,1H3/t32?,33-,34?,35+,36?/m1/s1. The second kappa shape index (κ2) is 14.2. The molecule has 5 rings (SSSR count). The van der Waals surface area contributed by atoms with E-state index in [1.807, 2.05) is 121 Å². The van der Waals surface area contributed by atoms with Crippen molar-refractivity contribution in [3.05, 3.63) is 144 Å². The van der Waals surface area contributed by atoms with Crippen molar-refractivity contribution in [1.82, 2.24) is 0 Å². The van der Waals surface area contributed by atoms with Crippen molar-refractivity contribution < 1.29 is 29.2 Å². The van der Waals surface area contributed by atoms with E-state index < -0.39 is 29.5 Å².